The minimum Gasteiger partial charge on any atom is -0.492 e. The highest BCUT2D eigenvalue weighted by molar-refractivity contribution is 9.10. The van der Waals surface area contributed by atoms with Crippen molar-refractivity contribution in [2.75, 3.05) is 12.4 Å². The van der Waals surface area contributed by atoms with E-state index in [0.717, 1.165) is 10.2 Å². The van der Waals surface area contributed by atoms with Crippen LogP contribution in [0.1, 0.15) is 0 Å². The summed E-state index contributed by atoms with van der Waals surface area (Å²) in [6, 6.07) is 5.35. The Bertz CT molecular complexity index is 389. The molecule has 0 bridgehead atoms. The lowest BCUT2D eigenvalue weighted by Crippen LogP contribution is -2.12. The zero-order valence-corrected chi connectivity index (χ0v) is 11.5. The van der Waals surface area contributed by atoms with Crippen molar-refractivity contribution in [3.63, 3.8) is 0 Å². The molecule has 0 amide bonds. The standard InChI is InChI=1S/C9H11BrClN3OS/c10-7-5-6(11)1-2-8(7)15-3-4-16-9(12)14-13/h1-2,5H,3-4,13H2,(H2,12,14). The van der Waals surface area contributed by atoms with Gasteiger partial charge in [-0.3, -0.25) is 0 Å². The Kier molecular flexibility index (Phi) is 5.79. The first-order valence-electron chi connectivity index (χ1n) is 4.37. The molecule has 0 radical (unpaired) electrons. The highest BCUT2D eigenvalue weighted by atomic mass is 79.9. The summed E-state index contributed by atoms with van der Waals surface area (Å²) in [6.45, 7) is 0.515. The fraction of sp³-hybridized carbons (Fsp3) is 0.222. The highest BCUT2D eigenvalue weighted by Gasteiger charge is 2.02. The Labute approximate surface area is 111 Å². The molecule has 1 aromatic carbocycles. The molecule has 0 atom stereocenters. The van der Waals surface area contributed by atoms with Crippen LogP contribution in [0.2, 0.25) is 5.02 Å². The number of hydrogen-bond donors (Lipinski definition) is 2. The van der Waals surface area contributed by atoms with Gasteiger partial charge < -0.3 is 16.3 Å². The van der Waals surface area contributed by atoms with Crippen molar-refractivity contribution in [3.05, 3.63) is 27.7 Å². The van der Waals surface area contributed by atoms with Gasteiger partial charge in [-0.2, -0.15) is 5.10 Å². The Morgan fingerprint density at radius 1 is 1.56 bits per heavy atom. The second-order valence-electron chi connectivity index (χ2n) is 2.74. The number of hydrogen-bond acceptors (Lipinski definition) is 4. The molecule has 0 saturated carbocycles. The quantitative estimate of drug-likeness (QED) is 0.293. The van der Waals surface area contributed by atoms with Gasteiger partial charge in [-0.1, -0.05) is 23.4 Å². The van der Waals surface area contributed by atoms with Gasteiger partial charge in [0.2, 0.25) is 0 Å². The number of amidine groups is 1. The van der Waals surface area contributed by atoms with E-state index >= 15 is 0 Å². The maximum absolute atomic E-state index is 5.80. The first kappa shape index (κ1) is 13.5. The molecule has 0 aliphatic carbocycles. The maximum atomic E-state index is 5.80. The van der Waals surface area contributed by atoms with E-state index in [4.69, 9.17) is 27.9 Å². The van der Waals surface area contributed by atoms with Gasteiger partial charge in [0.25, 0.3) is 0 Å². The van der Waals surface area contributed by atoms with Crippen LogP contribution in [0.4, 0.5) is 0 Å². The molecule has 1 rings (SSSR count). The van der Waals surface area contributed by atoms with Crippen molar-refractivity contribution >= 4 is 44.5 Å². The largest absolute Gasteiger partial charge is 0.492 e. The lowest BCUT2D eigenvalue weighted by Gasteiger charge is -2.07. The van der Waals surface area contributed by atoms with Gasteiger partial charge in [0.1, 0.15) is 5.75 Å². The van der Waals surface area contributed by atoms with Crippen LogP contribution in [0.15, 0.2) is 27.8 Å². The first-order valence-corrected chi connectivity index (χ1v) is 6.53. The number of halogens is 2. The molecule has 0 heterocycles. The molecule has 0 saturated heterocycles. The summed E-state index contributed by atoms with van der Waals surface area (Å²) >= 11 is 10.5. The second-order valence-corrected chi connectivity index (χ2v) is 5.14. The van der Waals surface area contributed by atoms with Gasteiger partial charge in [-0.05, 0) is 34.1 Å². The number of thioether (sulfide) groups is 1. The smallest absolute Gasteiger partial charge is 0.177 e. The van der Waals surface area contributed by atoms with Gasteiger partial charge >= 0.3 is 0 Å². The van der Waals surface area contributed by atoms with Crippen LogP contribution in [0.3, 0.4) is 0 Å². The summed E-state index contributed by atoms with van der Waals surface area (Å²) in [6.07, 6.45) is 0. The van der Waals surface area contributed by atoms with E-state index in [1.54, 1.807) is 18.2 Å². The lowest BCUT2D eigenvalue weighted by atomic mass is 10.3. The van der Waals surface area contributed by atoms with Crippen LogP contribution in [0, 0.1) is 0 Å². The summed E-state index contributed by atoms with van der Waals surface area (Å²) < 4.78 is 6.33. The van der Waals surface area contributed by atoms with E-state index < -0.39 is 0 Å². The van der Waals surface area contributed by atoms with Crippen molar-refractivity contribution < 1.29 is 4.74 Å². The van der Waals surface area contributed by atoms with Crippen LogP contribution >= 0.6 is 39.3 Å². The molecule has 4 nitrogen and oxygen atoms in total. The Morgan fingerprint density at radius 3 is 2.94 bits per heavy atom. The molecule has 0 unspecified atom stereocenters. The molecular formula is C9H11BrClN3OS. The summed E-state index contributed by atoms with van der Waals surface area (Å²) in [5, 5.41) is 4.34. The normalized spacial score (nSPS) is 11.5. The molecule has 0 aromatic heterocycles. The number of nitrogens with two attached hydrogens (primary N) is 2. The van der Waals surface area contributed by atoms with E-state index in [9.17, 15) is 0 Å². The lowest BCUT2D eigenvalue weighted by molar-refractivity contribution is 0.342. The minimum absolute atomic E-state index is 0.346. The zero-order chi connectivity index (χ0) is 12.0. The van der Waals surface area contributed by atoms with Crippen LogP contribution in [0.5, 0.6) is 5.75 Å². The van der Waals surface area contributed by atoms with Gasteiger partial charge in [0.15, 0.2) is 5.17 Å². The van der Waals surface area contributed by atoms with E-state index in [1.165, 1.54) is 11.8 Å². The summed E-state index contributed by atoms with van der Waals surface area (Å²) in [5.41, 5.74) is 5.41. The van der Waals surface area contributed by atoms with Crippen molar-refractivity contribution in [1.29, 1.82) is 0 Å². The zero-order valence-electron chi connectivity index (χ0n) is 8.32. The maximum Gasteiger partial charge on any atom is 0.177 e. The predicted octanol–water partition coefficient (Wildman–Crippen LogP) is 2.40. The summed E-state index contributed by atoms with van der Waals surface area (Å²) in [4.78, 5) is 0. The topological polar surface area (TPSA) is 73.6 Å². The molecular weight excluding hydrogens is 314 g/mol. The molecule has 0 spiro atoms. The third kappa shape index (κ3) is 4.51. The van der Waals surface area contributed by atoms with Gasteiger partial charge in [0, 0.05) is 10.8 Å². The molecule has 16 heavy (non-hydrogen) atoms. The average molecular weight is 325 g/mol. The minimum atomic E-state index is 0.346. The second kappa shape index (κ2) is 6.88. The van der Waals surface area contributed by atoms with Crippen LogP contribution in [0.25, 0.3) is 0 Å². The van der Waals surface area contributed by atoms with Gasteiger partial charge in [0.05, 0.1) is 11.1 Å². The number of rotatable bonds is 4. The van der Waals surface area contributed by atoms with E-state index in [-0.39, 0.29) is 0 Å². The van der Waals surface area contributed by atoms with Crippen molar-refractivity contribution in [2.24, 2.45) is 16.7 Å². The number of hydrazone groups is 1. The molecule has 88 valence electrons. The van der Waals surface area contributed by atoms with Gasteiger partial charge in [-0.15, -0.1) is 0 Å². The number of ether oxygens (including phenoxy) is 1. The summed E-state index contributed by atoms with van der Waals surface area (Å²) in [5.74, 6) is 6.41. The monoisotopic (exact) mass is 323 g/mol. The molecule has 0 aliphatic rings. The predicted molar refractivity (Wildman–Crippen MR) is 72.9 cm³/mol. The highest BCUT2D eigenvalue weighted by Crippen LogP contribution is 2.27. The van der Waals surface area contributed by atoms with E-state index in [2.05, 4.69) is 21.0 Å². The third-order valence-electron chi connectivity index (χ3n) is 1.61. The van der Waals surface area contributed by atoms with Crippen LogP contribution in [-0.4, -0.2) is 17.5 Å². The fourth-order valence-corrected chi connectivity index (χ4v) is 2.17. The summed E-state index contributed by atoms with van der Waals surface area (Å²) in [7, 11) is 0. The van der Waals surface area contributed by atoms with Crippen molar-refractivity contribution in [2.45, 2.75) is 0 Å². The molecule has 0 aliphatic heterocycles. The number of benzene rings is 1. The molecule has 1 aromatic rings. The van der Waals surface area contributed by atoms with Crippen molar-refractivity contribution in [1.82, 2.24) is 0 Å². The Balaban J connectivity index is 2.37. The van der Waals surface area contributed by atoms with Crippen LogP contribution in [-0.2, 0) is 0 Å². The fourth-order valence-electron chi connectivity index (χ4n) is 0.927. The molecule has 0 fully saturated rings. The average Bonchev–Trinajstić information content (AvgIpc) is 2.26. The van der Waals surface area contributed by atoms with E-state index in [0.29, 0.717) is 22.6 Å². The Morgan fingerprint density at radius 2 is 2.31 bits per heavy atom. The molecule has 7 heteroatoms. The molecule has 4 N–H and O–H groups in total. The van der Waals surface area contributed by atoms with E-state index in [1.807, 2.05) is 0 Å². The Hall–Kier alpha value is -0.590. The van der Waals surface area contributed by atoms with Crippen molar-refractivity contribution in [3.8, 4) is 5.75 Å². The number of nitrogens with zero attached hydrogens (tertiary/aromatic N) is 1. The third-order valence-corrected chi connectivity index (χ3v) is 3.24. The van der Waals surface area contributed by atoms with Crippen LogP contribution < -0.4 is 16.3 Å². The van der Waals surface area contributed by atoms with Gasteiger partial charge in [-0.25, -0.2) is 0 Å². The SMILES string of the molecule is NN=C(N)SCCOc1ccc(Cl)cc1Br. The first-order chi connectivity index (χ1) is 7.63.